The van der Waals surface area contributed by atoms with E-state index in [1.807, 2.05) is 0 Å². The molecule has 3 nitrogen and oxygen atoms in total. The summed E-state index contributed by atoms with van der Waals surface area (Å²) in [6.07, 6.45) is 6.13. The van der Waals surface area contributed by atoms with E-state index < -0.39 is 0 Å². The van der Waals surface area contributed by atoms with Gasteiger partial charge in [-0.1, -0.05) is 27.7 Å². The lowest BCUT2D eigenvalue weighted by molar-refractivity contribution is -0.122. The fourth-order valence-corrected chi connectivity index (χ4v) is 3.20. The molecule has 112 valence electrons. The molecule has 19 heavy (non-hydrogen) atoms. The molecule has 1 rings (SSSR count). The second-order valence-corrected chi connectivity index (χ2v) is 7.29. The number of carbonyl (C=O) groups is 1. The number of hydrogen-bond donors (Lipinski definition) is 2. The Balaban J connectivity index is 2.27. The third kappa shape index (κ3) is 5.94. The van der Waals surface area contributed by atoms with E-state index in [-0.39, 0.29) is 5.91 Å². The maximum atomic E-state index is 12.0. The van der Waals surface area contributed by atoms with Crippen molar-refractivity contribution in [2.45, 2.75) is 72.3 Å². The van der Waals surface area contributed by atoms with Gasteiger partial charge in [0.25, 0.3) is 0 Å². The number of nitrogens with one attached hydrogen (secondary N) is 1. The van der Waals surface area contributed by atoms with E-state index in [4.69, 9.17) is 5.73 Å². The van der Waals surface area contributed by atoms with E-state index in [2.05, 4.69) is 33.0 Å². The van der Waals surface area contributed by atoms with E-state index in [9.17, 15) is 4.79 Å². The van der Waals surface area contributed by atoms with E-state index >= 15 is 0 Å². The maximum Gasteiger partial charge on any atom is 0.220 e. The number of nitrogens with two attached hydrogens (primary N) is 1. The molecule has 3 heteroatoms. The van der Waals surface area contributed by atoms with Gasteiger partial charge in [-0.05, 0) is 55.9 Å². The third-order valence-electron chi connectivity index (χ3n) is 4.56. The summed E-state index contributed by atoms with van der Waals surface area (Å²) in [5, 5.41) is 3.20. The van der Waals surface area contributed by atoms with Crippen LogP contribution in [0.4, 0.5) is 0 Å². The quantitative estimate of drug-likeness (QED) is 0.745. The SMILES string of the molecule is CC(C)C(CCN)CCC(=O)NC1CCC(C)(C)C1. The normalized spacial score (nSPS) is 23.6. The van der Waals surface area contributed by atoms with Gasteiger partial charge in [0, 0.05) is 12.5 Å². The second-order valence-electron chi connectivity index (χ2n) is 7.29. The summed E-state index contributed by atoms with van der Waals surface area (Å²) in [7, 11) is 0. The monoisotopic (exact) mass is 268 g/mol. The lowest BCUT2D eigenvalue weighted by Gasteiger charge is -2.21. The summed E-state index contributed by atoms with van der Waals surface area (Å²) in [5.41, 5.74) is 6.04. The summed E-state index contributed by atoms with van der Waals surface area (Å²) in [6.45, 7) is 9.74. The first-order valence-corrected chi connectivity index (χ1v) is 7.83. The molecule has 1 fully saturated rings. The molecule has 2 atom stereocenters. The Morgan fingerprint density at radius 1 is 1.37 bits per heavy atom. The molecular weight excluding hydrogens is 236 g/mol. The molecule has 1 saturated carbocycles. The predicted molar refractivity (Wildman–Crippen MR) is 80.8 cm³/mol. The molecule has 1 aliphatic carbocycles. The van der Waals surface area contributed by atoms with Crippen molar-refractivity contribution in [3.63, 3.8) is 0 Å². The lowest BCUT2D eigenvalue weighted by Crippen LogP contribution is -2.33. The molecule has 0 aromatic heterocycles. The fraction of sp³-hybridized carbons (Fsp3) is 0.938. The largest absolute Gasteiger partial charge is 0.353 e. The van der Waals surface area contributed by atoms with Crippen LogP contribution in [0, 0.1) is 17.3 Å². The molecule has 0 heterocycles. The summed E-state index contributed by atoms with van der Waals surface area (Å²) in [4.78, 5) is 12.0. The van der Waals surface area contributed by atoms with E-state index in [0.29, 0.717) is 29.7 Å². The molecule has 2 unspecified atom stereocenters. The number of rotatable bonds is 7. The summed E-state index contributed by atoms with van der Waals surface area (Å²) in [6, 6.07) is 0.398. The van der Waals surface area contributed by atoms with Crippen molar-refractivity contribution in [2.24, 2.45) is 23.0 Å². The van der Waals surface area contributed by atoms with Gasteiger partial charge in [0.05, 0.1) is 0 Å². The van der Waals surface area contributed by atoms with E-state index in [1.54, 1.807) is 0 Å². The van der Waals surface area contributed by atoms with Crippen LogP contribution in [-0.4, -0.2) is 18.5 Å². The standard InChI is InChI=1S/C16H32N2O/c1-12(2)13(8-10-17)5-6-15(19)18-14-7-9-16(3,4)11-14/h12-14H,5-11,17H2,1-4H3,(H,18,19). The van der Waals surface area contributed by atoms with Gasteiger partial charge in [-0.2, -0.15) is 0 Å². The second kappa shape index (κ2) is 7.28. The summed E-state index contributed by atoms with van der Waals surface area (Å²) in [5.74, 6) is 1.42. The van der Waals surface area contributed by atoms with Crippen LogP contribution in [0.3, 0.4) is 0 Å². The lowest BCUT2D eigenvalue weighted by atomic mass is 9.88. The maximum absolute atomic E-state index is 12.0. The predicted octanol–water partition coefficient (Wildman–Crippen LogP) is 3.08. The van der Waals surface area contributed by atoms with Gasteiger partial charge >= 0.3 is 0 Å². The third-order valence-corrected chi connectivity index (χ3v) is 4.56. The summed E-state index contributed by atoms with van der Waals surface area (Å²) >= 11 is 0. The van der Waals surface area contributed by atoms with Gasteiger partial charge in [0.1, 0.15) is 0 Å². The van der Waals surface area contributed by atoms with Crippen LogP contribution in [0.15, 0.2) is 0 Å². The minimum Gasteiger partial charge on any atom is -0.353 e. The zero-order valence-corrected chi connectivity index (χ0v) is 13.2. The molecule has 0 aromatic rings. The van der Waals surface area contributed by atoms with Crippen LogP contribution in [0.25, 0.3) is 0 Å². The Hall–Kier alpha value is -0.570. The summed E-state index contributed by atoms with van der Waals surface area (Å²) < 4.78 is 0. The van der Waals surface area contributed by atoms with Crippen molar-refractivity contribution in [1.82, 2.24) is 5.32 Å². The Kier molecular flexibility index (Phi) is 6.31. The fourth-order valence-electron chi connectivity index (χ4n) is 3.20. The Bertz CT molecular complexity index is 286. The number of hydrogen-bond acceptors (Lipinski definition) is 2. The molecule has 0 aromatic carbocycles. The van der Waals surface area contributed by atoms with E-state index in [1.165, 1.54) is 6.42 Å². The zero-order valence-electron chi connectivity index (χ0n) is 13.2. The molecule has 1 amide bonds. The average Bonchev–Trinajstić information content (AvgIpc) is 2.63. The first-order chi connectivity index (χ1) is 8.84. The highest BCUT2D eigenvalue weighted by molar-refractivity contribution is 5.76. The topological polar surface area (TPSA) is 55.1 Å². The highest BCUT2D eigenvalue weighted by Crippen LogP contribution is 2.36. The Morgan fingerprint density at radius 2 is 2.05 bits per heavy atom. The van der Waals surface area contributed by atoms with Gasteiger partial charge in [-0.3, -0.25) is 4.79 Å². The molecule has 0 radical (unpaired) electrons. The zero-order chi connectivity index (χ0) is 14.5. The molecule has 0 spiro atoms. The van der Waals surface area contributed by atoms with Gasteiger partial charge in [0.2, 0.25) is 5.91 Å². The molecule has 0 aliphatic heterocycles. The van der Waals surface area contributed by atoms with Crippen molar-refractivity contribution in [1.29, 1.82) is 0 Å². The number of amides is 1. The first kappa shape index (κ1) is 16.5. The van der Waals surface area contributed by atoms with Crippen LogP contribution in [0.1, 0.15) is 66.2 Å². The van der Waals surface area contributed by atoms with Crippen molar-refractivity contribution >= 4 is 5.91 Å². The van der Waals surface area contributed by atoms with E-state index in [0.717, 1.165) is 32.2 Å². The van der Waals surface area contributed by atoms with Gasteiger partial charge in [-0.25, -0.2) is 0 Å². The Labute approximate surface area is 118 Å². The van der Waals surface area contributed by atoms with Crippen molar-refractivity contribution < 1.29 is 4.79 Å². The van der Waals surface area contributed by atoms with Gasteiger partial charge < -0.3 is 11.1 Å². The smallest absolute Gasteiger partial charge is 0.220 e. The molecule has 0 saturated heterocycles. The molecular formula is C16H32N2O. The highest BCUT2D eigenvalue weighted by atomic mass is 16.1. The number of carbonyl (C=O) groups excluding carboxylic acids is 1. The molecule has 1 aliphatic rings. The Morgan fingerprint density at radius 3 is 2.53 bits per heavy atom. The van der Waals surface area contributed by atoms with Crippen LogP contribution in [-0.2, 0) is 4.79 Å². The van der Waals surface area contributed by atoms with Crippen molar-refractivity contribution in [2.75, 3.05) is 6.54 Å². The van der Waals surface area contributed by atoms with Crippen LogP contribution in [0.5, 0.6) is 0 Å². The van der Waals surface area contributed by atoms with Gasteiger partial charge in [-0.15, -0.1) is 0 Å². The molecule has 0 bridgehead atoms. The highest BCUT2D eigenvalue weighted by Gasteiger charge is 2.31. The van der Waals surface area contributed by atoms with Crippen molar-refractivity contribution in [3.8, 4) is 0 Å². The van der Waals surface area contributed by atoms with Crippen LogP contribution in [0.2, 0.25) is 0 Å². The first-order valence-electron chi connectivity index (χ1n) is 7.83. The van der Waals surface area contributed by atoms with Crippen LogP contribution >= 0.6 is 0 Å². The van der Waals surface area contributed by atoms with Gasteiger partial charge in [0.15, 0.2) is 0 Å². The minimum absolute atomic E-state index is 0.227. The minimum atomic E-state index is 0.227. The van der Waals surface area contributed by atoms with Crippen LogP contribution < -0.4 is 11.1 Å². The van der Waals surface area contributed by atoms with Crippen molar-refractivity contribution in [3.05, 3.63) is 0 Å². The molecule has 3 N–H and O–H groups in total. The average molecular weight is 268 g/mol.